The number of rotatable bonds is 6. The van der Waals surface area contributed by atoms with Crippen molar-refractivity contribution in [3.63, 3.8) is 0 Å². The van der Waals surface area contributed by atoms with Crippen LogP contribution in [0.2, 0.25) is 5.02 Å². The highest BCUT2D eigenvalue weighted by Crippen LogP contribution is 2.28. The number of ether oxygens (including phenoxy) is 1. The number of carbonyl (C=O) groups excluding carboxylic acids is 1. The van der Waals surface area contributed by atoms with Gasteiger partial charge in [-0.2, -0.15) is 10.3 Å². The lowest BCUT2D eigenvalue weighted by Crippen LogP contribution is -2.36. The van der Waals surface area contributed by atoms with Crippen LogP contribution < -0.4 is 15.5 Å². The lowest BCUT2D eigenvalue weighted by molar-refractivity contribution is 0.122. The Balaban J connectivity index is 1.49. The number of amides is 2. The highest BCUT2D eigenvalue weighted by Gasteiger charge is 2.13. The number of nitrogens with zero attached hydrogens (tertiary/aromatic N) is 3. The van der Waals surface area contributed by atoms with Crippen LogP contribution in [0.15, 0.2) is 29.4 Å². The van der Waals surface area contributed by atoms with Crippen LogP contribution in [-0.4, -0.2) is 60.0 Å². The first-order valence-electron chi connectivity index (χ1n) is 7.88. The molecule has 2 heterocycles. The fourth-order valence-electron chi connectivity index (χ4n) is 2.37. The van der Waals surface area contributed by atoms with Gasteiger partial charge in [-0.1, -0.05) is 11.6 Å². The van der Waals surface area contributed by atoms with Crippen molar-refractivity contribution in [3.05, 3.63) is 29.4 Å². The molecule has 2 aromatic rings. The molecule has 1 aromatic heterocycles. The van der Waals surface area contributed by atoms with Gasteiger partial charge in [0.2, 0.25) is 0 Å². The minimum atomic E-state index is -0.290. The van der Waals surface area contributed by atoms with Gasteiger partial charge < -0.3 is 20.3 Å². The number of thioether (sulfide) groups is 1. The van der Waals surface area contributed by atoms with Crippen LogP contribution in [0.25, 0.3) is 0 Å². The first kappa shape index (κ1) is 17.8. The molecule has 0 aliphatic carbocycles. The van der Waals surface area contributed by atoms with Gasteiger partial charge in [0, 0.05) is 31.1 Å². The Morgan fingerprint density at radius 2 is 2.24 bits per heavy atom. The van der Waals surface area contributed by atoms with E-state index in [1.54, 1.807) is 12.3 Å². The van der Waals surface area contributed by atoms with E-state index >= 15 is 0 Å². The second-order valence-corrected chi connectivity index (χ2v) is 6.82. The number of hydrogen-bond donors (Lipinski definition) is 3. The lowest BCUT2D eigenvalue weighted by atomic mass is 10.2. The number of hydrogen-bond acceptors (Lipinski definition) is 6. The summed E-state index contributed by atoms with van der Waals surface area (Å²) in [6.07, 6.45) is 1.64. The second kappa shape index (κ2) is 8.93. The Hall–Kier alpha value is -1.97. The topological polar surface area (TPSA) is 95.2 Å². The normalized spacial score (nSPS) is 14.4. The molecule has 1 aromatic carbocycles. The van der Waals surface area contributed by atoms with Gasteiger partial charge in [-0.25, -0.2) is 4.79 Å². The molecule has 1 fully saturated rings. The van der Waals surface area contributed by atoms with Crippen LogP contribution in [-0.2, 0) is 4.74 Å². The molecule has 1 saturated heterocycles. The molecule has 2 amide bonds. The van der Waals surface area contributed by atoms with E-state index in [4.69, 9.17) is 16.3 Å². The summed E-state index contributed by atoms with van der Waals surface area (Å²) >= 11 is 7.71. The fraction of sp³-hybridized carbons (Fsp3) is 0.400. The predicted molar refractivity (Wildman–Crippen MR) is 98.6 cm³/mol. The third-order valence-corrected chi connectivity index (χ3v) is 4.84. The van der Waals surface area contributed by atoms with E-state index in [0.717, 1.165) is 23.8 Å². The average molecular weight is 383 g/mol. The number of morpholine rings is 1. The Labute approximate surface area is 154 Å². The van der Waals surface area contributed by atoms with Crippen LogP contribution >= 0.6 is 23.4 Å². The third-order valence-electron chi connectivity index (χ3n) is 3.60. The van der Waals surface area contributed by atoms with Crippen LogP contribution in [0, 0.1) is 0 Å². The van der Waals surface area contributed by atoms with E-state index in [0.29, 0.717) is 36.2 Å². The van der Waals surface area contributed by atoms with Crippen molar-refractivity contribution in [1.29, 1.82) is 0 Å². The molecular formula is C15H19ClN6O2S. The van der Waals surface area contributed by atoms with E-state index < -0.39 is 0 Å². The maximum absolute atomic E-state index is 12.1. The predicted octanol–water partition coefficient (Wildman–Crippen LogP) is 2.21. The molecule has 0 atom stereocenters. The van der Waals surface area contributed by atoms with Crippen LogP contribution in [0.3, 0.4) is 0 Å². The van der Waals surface area contributed by atoms with E-state index in [-0.39, 0.29) is 6.03 Å². The minimum absolute atomic E-state index is 0.290. The first-order chi connectivity index (χ1) is 12.2. The summed E-state index contributed by atoms with van der Waals surface area (Å²) in [6.45, 7) is 3.56. The Morgan fingerprint density at radius 1 is 1.40 bits per heavy atom. The number of benzene rings is 1. The lowest BCUT2D eigenvalue weighted by Gasteiger charge is -2.29. The quantitative estimate of drug-likeness (QED) is 0.523. The zero-order valence-electron chi connectivity index (χ0n) is 13.5. The zero-order chi connectivity index (χ0) is 17.5. The smallest absolute Gasteiger partial charge is 0.319 e. The third kappa shape index (κ3) is 5.25. The monoisotopic (exact) mass is 382 g/mol. The molecular weight excluding hydrogens is 364 g/mol. The largest absolute Gasteiger partial charge is 0.378 e. The second-order valence-electron chi connectivity index (χ2n) is 5.30. The summed E-state index contributed by atoms with van der Waals surface area (Å²) in [5, 5.41) is 17.1. The Morgan fingerprint density at radius 3 is 3.00 bits per heavy atom. The minimum Gasteiger partial charge on any atom is -0.378 e. The summed E-state index contributed by atoms with van der Waals surface area (Å²) in [6, 6.07) is 5.34. The Kier molecular flexibility index (Phi) is 6.37. The number of aromatic amines is 1. The number of carbonyl (C=O) groups is 1. The van der Waals surface area contributed by atoms with Crippen molar-refractivity contribution >= 4 is 40.8 Å². The van der Waals surface area contributed by atoms with Gasteiger partial charge in [0.1, 0.15) is 5.03 Å². The summed E-state index contributed by atoms with van der Waals surface area (Å²) in [4.78, 5) is 14.3. The number of aromatic nitrogens is 3. The van der Waals surface area contributed by atoms with Crippen LogP contribution in [0.5, 0.6) is 0 Å². The van der Waals surface area contributed by atoms with Crippen molar-refractivity contribution in [2.45, 2.75) is 5.03 Å². The summed E-state index contributed by atoms with van der Waals surface area (Å²) in [5.41, 5.74) is 1.61. The molecule has 0 unspecified atom stereocenters. The van der Waals surface area contributed by atoms with Gasteiger partial charge in [-0.15, -0.1) is 16.9 Å². The van der Waals surface area contributed by atoms with E-state index in [2.05, 4.69) is 30.9 Å². The number of halogens is 1. The molecule has 0 bridgehead atoms. The highest BCUT2D eigenvalue weighted by molar-refractivity contribution is 7.99. The maximum Gasteiger partial charge on any atom is 0.319 e. The van der Waals surface area contributed by atoms with Crippen molar-refractivity contribution in [3.8, 4) is 0 Å². The maximum atomic E-state index is 12.1. The summed E-state index contributed by atoms with van der Waals surface area (Å²) in [5.74, 6) is 0.696. The van der Waals surface area contributed by atoms with Gasteiger partial charge in [-0.05, 0) is 18.2 Å². The van der Waals surface area contributed by atoms with Crippen molar-refractivity contribution in [2.75, 3.05) is 48.8 Å². The van der Waals surface area contributed by atoms with Gasteiger partial charge >= 0.3 is 6.03 Å². The molecule has 1 aliphatic rings. The molecule has 10 heteroatoms. The van der Waals surface area contributed by atoms with Crippen LogP contribution in [0.4, 0.5) is 16.2 Å². The number of H-pyrrole nitrogens is 1. The number of urea groups is 1. The van der Waals surface area contributed by atoms with Gasteiger partial charge in [0.05, 0.1) is 30.1 Å². The number of anilines is 2. The zero-order valence-corrected chi connectivity index (χ0v) is 15.1. The molecule has 3 rings (SSSR count). The van der Waals surface area contributed by atoms with E-state index in [1.165, 1.54) is 11.8 Å². The van der Waals surface area contributed by atoms with Crippen molar-refractivity contribution < 1.29 is 9.53 Å². The van der Waals surface area contributed by atoms with Gasteiger partial charge in [0.25, 0.3) is 0 Å². The average Bonchev–Trinajstić information content (AvgIpc) is 3.15. The molecule has 134 valence electrons. The molecule has 0 radical (unpaired) electrons. The fourth-order valence-corrected chi connectivity index (χ4v) is 3.19. The number of nitrogens with one attached hydrogen (secondary N) is 3. The SMILES string of the molecule is O=C(NCCSc1cn[nH]n1)Nc1cc(N2CCOCC2)ccc1Cl. The van der Waals surface area contributed by atoms with Crippen LogP contribution in [0.1, 0.15) is 0 Å². The molecule has 25 heavy (non-hydrogen) atoms. The molecule has 0 spiro atoms. The highest BCUT2D eigenvalue weighted by atomic mass is 35.5. The molecule has 0 saturated carbocycles. The molecule has 1 aliphatic heterocycles. The Bertz CT molecular complexity index is 693. The van der Waals surface area contributed by atoms with E-state index in [9.17, 15) is 4.79 Å². The van der Waals surface area contributed by atoms with Crippen molar-refractivity contribution in [2.24, 2.45) is 0 Å². The first-order valence-corrected chi connectivity index (χ1v) is 9.24. The van der Waals surface area contributed by atoms with Crippen molar-refractivity contribution in [1.82, 2.24) is 20.7 Å². The van der Waals surface area contributed by atoms with Gasteiger partial charge in [0.15, 0.2) is 0 Å². The standard InChI is InChI=1S/C15H19ClN6O2S/c16-12-2-1-11(22-4-6-24-7-5-22)9-13(12)19-15(23)17-3-8-25-14-10-18-21-20-14/h1-2,9-10H,3-8H2,(H2,17,19,23)(H,18,20,21). The van der Waals surface area contributed by atoms with E-state index in [1.807, 2.05) is 12.1 Å². The van der Waals surface area contributed by atoms with Gasteiger partial charge in [-0.3, -0.25) is 0 Å². The molecule has 3 N–H and O–H groups in total. The summed E-state index contributed by atoms with van der Waals surface area (Å²) in [7, 11) is 0. The summed E-state index contributed by atoms with van der Waals surface area (Å²) < 4.78 is 5.36. The molecule has 8 nitrogen and oxygen atoms in total.